The maximum absolute atomic E-state index is 12.3. The Hall–Kier alpha value is -2.68. The molecule has 9 nitrogen and oxygen atoms in total. The second-order valence-corrected chi connectivity index (χ2v) is 6.12. The highest BCUT2D eigenvalue weighted by molar-refractivity contribution is 5.93. The van der Waals surface area contributed by atoms with E-state index in [2.05, 4.69) is 20.8 Å². The van der Waals surface area contributed by atoms with Gasteiger partial charge in [0.2, 0.25) is 0 Å². The number of nitrogens with one attached hydrogen (secondary N) is 2. The van der Waals surface area contributed by atoms with Crippen molar-refractivity contribution >= 4 is 11.8 Å². The van der Waals surface area contributed by atoms with Gasteiger partial charge in [0, 0.05) is 38.5 Å². The summed E-state index contributed by atoms with van der Waals surface area (Å²) in [4.78, 5) is 24.2. The van der Waals surface area contributed by atoms with Gasteiger partial charge in [-0.1, -0.05) is 0 Å². The standard InChI is InChI=1S/C16H22N6O3/c1-10-6-13(19-21(10)2)16(24)18-11-7-12-8-14(20-22(12)9-11)15(23)17-4-5-25-3/h6,8,11H,4-5,7,9H2,1-3H3,(H,17,23)(H,18,24)/t11-/m0/s1. The third kappa shape index (κ3) is 3.71. The molecule has 9 heteroatoms. The Morgan fingerprint density at radius 1 is 1.28 bits per heavy atom. The van der Waals surface area contributed by atoms with Gasteiger partial charge in [-0.25, -0.2) is 0 Å². The summed E-state index contributed by atoms with van der Waals surface area (Å²) in [6.07, 6.45) is 0.635. The smallest absolute Gasteiger partial charge is 0.272 e. The Bertz CT molecular complexity index is 751. The number of fused-ring (bicyclic) bond motifs is 1. The van der Waals surface area contributed by atoms with Crippen molar-refractivity contribution in [3.8, 4) is 0 Å². The number of hydrogen-bond donors (Lipinski definition) is 2. The van der Waals surface area contributed by atoms with Crippen LogP contribution in [0.2, 0.25) is 0 Å². The summed E-state index contributed by atoms with van der Waals surface area (Å²) in [7, 11) is 3.38. The van der Waals surface area contributed by atoms with E-state index in [0.29, 0.717) is 37.5 Å². The number of hydrogen-bond acceptors (Lipinski definition) is 5. The maximum Gasteiger partial charge on any atom is 0.272 e. The summed E-state index contributed by atoms with van der Waals surface area (Å²) in [5.41, 5.74) is 2.65. The molecule has 2 N–H and O–H groups in total. The predicted octanol–water partition coefficient (Wildman–Crippen LogP) is -0.344. The molecule has 134 valence electrons. The van der Waals surface area contributed by atoms with Crippen LogP contribution in [0.25, 0.3) is 0 Å². The van der Waals surface area contributed by atoms with E-state index in [0.717, 1.165) is 11.4 Å². The van der Waals surface area contributed by atoms with Crippen LogP contribution in [0.15, 0.2) is 12.1 Å². The fourth-order valence-corrected chi connectivity index (χ4v) is 2.80. The second-order valence-electron chi connectivity index (χ2n) is 6.12. The molecule has 0 unspecified atom stereocenters. The Morgan fingerprint density at radius 3 is 2.68 bits per heavy atom. The number of carbonyl (C=O) groups excluding carboxylic acids is 2. The lowest BCUT2D eigenvalue weighted by Gasteiger charge is -2.10. The minimum Gasteiger partial charge on any atom is -0.383 e. The lowest BCUT2D eigenvalue weighted by atomic mass is 10.2. The van der Waals surface area contributed by atoms with Crippen molar-refractivity contribution in [2.45, 2.75) is 25.9 Å². The van der Waals surface area contributed by atoms with Crippen LogP contribution < -0.4 is 10.6 Å². The van der Waals surface area contributed by atoms with E-state index in [1.54, 1.807) is 35.7 Å². The minimum atomic E-state index is -0.219. The van der Waals surface area contributed by atoms with Gasteiger partial charge in [0.1, 0.15) is 11.4 Å². The highest BCUT2D eigenvalue weighted by Gasteiger charge is 2.27. The third-order valence-electron chi connectivity index (χ3n) is 4.22. The van der Waals surface area contributed by atoms with Crippen molar-refractivity contribution < 1.29 is 14.3 Å². The van der Waals surface area contributed by atoms with E-state index in [9.17, 15) is 9.59 Å². The van der Waals surface area contributed by atoms with Crippen LogP contribution in [0.3, 0.4) is 0 Å². The molecule has 0 aliphatic carbocycles. The number of aryl methyl sites for hydroxylation is 2. The van der Waals surface area contributed by atoms with Crippen LogP contribution in [0, 0.1) is 6.92 Å². The zero-order chi connectivity index (χ0) is 18.0. The normalized spacial score (nSPS) is 15.9. The highest BCUT2D eigenvalue weighted by Crippen LogP contribution is 2.16. The lowest BCUT2D eigenvalue weighted by molar-refractivity contribution is 0.0918. The molecule has 3 heterocycles. The maximum atomic E-state index is 12.3. The topological polar surface area (TPSA) is 103 Å². The van der Waals surface area contributed by atoms with Gasteiger partial charge < -0.3 is 15.4 Å². The number of ether oxygens (including phenoxy) is 1. The first-order chi connectivity index (χ1) is 12.0. The van der Waals surface area contributed by atoms with E-state index in [-0.39, 0.29) is 17.9 Å². The van der Waals surface area contributed by atoms with Gasteiger partial charge >= 0.3 is 0 Å². The van der Waals surface area contributed by atoms with E-state index in [1.165, 1.54) is 0 Å². The molecule has 0 saturated carbocycles. The molecule has 0 spiro atoms. The number of nitrogens with zero attached hydrogens (tertiary/aromatic N) is 4. The van der Waals surface area contributed by atoms with Gasteiger partial charge in [0.15, 0.2) is 0 Å². The van der Waals surface area contributed by atoms with Crippen molar-refractivity contribution in [3.63, 3.8) is 0 Å². The predicted molar refractivity (Wildman–Crippen MR) is 89.3 cm³/mol. The summed E-state index contributed by atoms with van der Waals surface area (Å²) in [6.45, 7) is 3.34. The minimum absolute atomic E-state index is 0.0529. The van der Waals surface area contributed by atoms with Crippen LogP contribution in [0.5, 0.6) is 0 Å². The summed E-state index contributed by atoms with van der Waals surface area (Å²) < 4.78 is 8.33. The van der Waals surface area contributed by atoms with Crippen LogP contribution in [0.4, 0.5) is 0 Å². The number of rotatable bonds is 6. The van der Waals surface area contributed by atoms with Crippen LogP contribution in [-0.2, 0) is 24.8 Å². The van der Waals surface area contributed by atoms with Crippen molar-refractivity contribution in [1.82, 2.24) is 30.2 Å². The summed E-state index contributed by atoms with van der Waals surface area (Å²) >= 11 is 0. The van der Waals surface area contributed by atoms with E-state index < -0.39 is 0 Å². The molecule has 2 amide bonds. The van der Waals surface area contributed by atoms with Gasteiger partial charge in [0.25, 0.3) is 11.8 Å². The van der Waals surface area contributed by atoms with Crippen LogP contribution in [-0.4, -0.2) is 57.7 Å². The molecular formula is C16H22N6O3. The molecule has 0 fully saturated rings. The van der Waals surface area contributed by atoms with Gasteiger partial charge in [0.05, 0.1) is 19.2 Å². The quantitative estimate of drug-likeness (QED) is 0.697. The van der Waals surface area contributed by atoms with E-state index in [4.69, 9.17) is 4.74 Å². The Labute approximate surface area is 145 Å². The fourth-order valence-electron chi connectivity index (χ4n) is 2.80. The van der Waals surface area contributed by atoms with Crippen molar-refractivity contribution in [2.75, 3.05) is 20.3 Å². The van der Waals surface area contributed by atoms with Crippen LogP contribution >= 0.6 is 0 Å². The summed E-state index contributed by atoms with van der Waals surface area (Å²) in [5.74, 6) is -0.416. The van der Waals surface area contributed by atoms with Crippen molar-refractivity contribution in [1.29, 1.82) is 0 Å². The van der Waals surface area contributed by atoms with Gasteiger partial charge in [-0.05, 0) is 19.1 Å². The van der Waals surface area contributed by atoms with Crippen molar-refractivity contribution in [3.05, 3.63) is 34.9 Å². The molecule has 3 rings (SSSR count). The molecule has 1 aliphatic rings. The van der Waals surface area contributed by atoms with Gasteiger partial charge in [-0.3, -0.25) is 19.0 Å². The number of carbonyl (C=O) groups is 2. The molecule has 0 aromatic carbocycles. The summed E-state index contributed by atoms with van der Waals surface area (Å²) in [6, 6.07) is 3.47. The SMILES string of the molecule is COCCNC(=O)c1cc2n(n1)C[C@@H](NC(=O)c1cc(C)n(C)n1)C2. The fraction of sp³-hybridized carbons (Fsp3) is 0.500. The van der Waals surface area contributed by atoms with Gasteiger partial charge in [-0.2, -0.15) is 10.2 Å². The molecule has 1 atom stereocenters. The monoisotopic (exact) mass is 346 g/mol. The Balaban J connectivity index is 1.56. The van der Waals surface area contributed by atoms with Gasteiger partial charge in [-0.15, -0.1) is 0 Å². The Kier molecular flexibility index (Phi) is 4.84. The van der Waals surface area contributed by atoms with Crippen molar-refractivity contribution in [2.24, 2.45) is 7.05 Å². The zero-order valence-corrected chi connectivity index (χ0v) is 14.6. The molecule has 0 bridgehead atoms. The van der Waals surface area contributed by atoms with E-state index >= 15 is 0 Å². The van der Waals surface area contributed by atoms with Crippen LogP contribution in [0.1, 0.15) is 32.4 Å². The third-order valence-corrected chi connectivity index (χ3v) is 4.22. The first-order valence-electron chi connectivity index (χ1n) is 8.13. The molecular weight excluding hydrogens is 324 g/mol. The molecule has 0 radical (unpaired) electrons. The Morgan fingerprint density at radius 2 is 2.04 bits per heavy atom. The zero-order valence-electron chi connectivity index (χ0n) is 14.6. The average Bonchev–Trinajstić information content (AvgIpc) is 3.21. The average molecular weight is 346 g/mol. The molecule has 25 heavy (non-hydrogen) atoms. The largest absolute Gasteiger partial charge is 0.383 e. The number of aromatic nitrogens is 4. The molecule has 1 aliphatic heterocycles. The number of methoxy groups -OCH3 is 1. The van der Waals surface area contributed by atoms with E-state index in [1.807, 2.05) is 6.92 Å². The number of amides is 2. The lowest BCUT2D eigenvalue weighted by Crippen LogP contribution is -2.36. The first kappa shape index (κ1) is 17.2. The molecule has 2 aromatic heterocycles. The first-order valence-corrected chi connectivity index (χ1v) is 8.13. The highest BCUT2D eigenvalue weighted by atomic mass is 16.5. The second kappa shape index (κ2) is 7.06. The summed E-state index contributed by atoms with van der Waals surface area (Å²) in [5, 5.41) is 14.2. The molecule has 0 saturated heterocycles. The molecule has 2 aromatic rings.